The van der Waals surface area contributed by atoms with E-state index in [9.17, 15) is 19.8 Å². The van der Waals surface area contributed by atoms with E-state index in [1.807, 2.05) is 45.9 Å². The molecular formula is C29H39NO5. The normalized spacial score (nSPS) is 14.3. The van der Waals surface area contributed by atoms with E-state index in [0.717, 1.165) is 43.2 Å². The number of phenolic OH excluding ortho intramolecular Hbond substituents is 2. The number of carbonyl (C=O) groups excluding carboxylic acids is 2. The summed E-state index contributed by atoms with van der Waals surface area (Å²) in [4.78, 5) is 27.3. The van der Waals surface area contributed by atoms with Crippen LogP contribution in [0.5, 0.6) is 11.5 Å². The van der Waals surface area contributed by atoms with Crippen molar-refractivity contribution in [2.24, 2.45) is 5.41 Å². The smallest absolute Gasteiger partial charge is 0.311 e. The fraction of sp³-hybridized carbons (Fsp3) is 0.517. The molecule has 2 aromatic rings. The lowest BCUT2D eigenvalue weighted by Gasteiger charge is -2.25. The Morgan fingerprint density at radius 1 is 1.06 bits per heavy atom. The van der Waals surface area contributed by atoms with Crippen LogP contribution in [-0.4, -0.2) is 40.1 Å². The minimum atomic E-state index is -0.560. The van der Waals surface area contributed by atoms with Crippen LogP contribution >= 0.6 is 0 Å². The third-order valence-electron chi connectivity index (χ3n) is 6.92. The topological polar surface area (TPSA) is 87.1 Å². The van der Waals surface area contributed by atoms with Crippen molar-refractivity contribution in [3.63, 3.8) is 0 Å². The monoisotopic (exact) mass is 481 g/mol. The first-order valence-electron chi connectivity index (χ1n) is 12.6. The van der Waals surface area contributed by atoms with Gasteiger partial charge in [-0.2, -0.15) is 0 Å². The Balaban J connectivity index is 1.63. The molecule has 35 heavy (non-hydrogen) atoms. The lowest BCUT2D eigenvalue weighted by molar-refractivity contribution is -0.159. The lowest BCUT2D eigenvalue weighted by atomic mass is 9.86. The molecule has 2 N–H and O–H groups in total. The number of aromatic hydroxyl groups is 2. The van der Waals surface area contributed by atoms with Gasteiger partial charge in [0.25, 0.3) is 5.91 Å². The molecule has 0 saturated heterocycles. The first-order chi connectivity index (χ1) is 16.5. The molecule has 2 aromatic carbocycles. The first kappa shape index (κ1) is 26.6. The van der Waals surface area contributed by atoms with Crippen molar-refractivity contribution >= 4 is 11.9 Å². The highest BCUT2D eigenvalue weighted by Crippen LogP contribution is 2.33. The Bertz CT molecular complexity index is 1050. The van der Waals surface area contributed by atoms with E-state index in [0.29, 0.717) is 18.5 Å². The second-order valence-electron chi connectivity index (χ2n) is 10.8. The molecule has 6 nitrogen and oxygen atoms in total. The van der Waals surface area contributed by atoms with E-state index >= 15 is 0 Å². The largest absolute Gasteiger partial charge is 0.508 e. The molecular weight excluding hydrogens is 442 g/mol. The van der Waals surface area contributed by atoms with Crippen LogP contribution < -0.4 is 0 Å². The average Bonchev–Trinajstić information content (AvgIpc) is 3.30. The number of amides is 1. The van der Waals surface area contributed by atoms with E-state index < -0.39 is 5.41 Å². The number of esters is 1. The van der Waals surface area contributed by atoms with Gasteiger partial charge in [-0.05, 0) is 81.0 Å². The maximum atomic E-state index is 13.0. The molecule has 0 unspecified atom stereocenters. The number of aryl methyl sites for hydroxylation is 1. The van der Waals surface area contributed by atoms with Gasteiger partial charge in [-0.25, -0.2) is 0 Å². The number of phenols is 2. The predicted octanol–water partition coefficient (Wildman–Crippen LogP) is 5.94. The van der Waals surface area contributed by atoms with Crippen LogP contribution in [0.4, 0.5) is 0 Å². The number of nitrogens with zero attached hydrogens (tertiary/aromatic N) is 1. The quantitative estimate of drug-likeness (QED) is 0.433. The van der Waals surface area contributed by atoms with Crippen LogP contribution in [0.1, 0.15) is 92.8 Å². The fourth-order valence-corrected chi connectivity index (χ4v) is 4.54. The van der Waals surface area contributed by atoms with Crippen LogP contribution in [0.3, 0.4) is 0 Å². The van der Waals surface area contributed by atoms with Gasteiger partial charge in [0, 0.05) is 19.7 Å². The van der Waals surface area contributed by atoms with Crippen molar-refractivity contribution in [1.29, 1.82) is 0 Å². The van der Waals surface area contributed by atoms with Gasteiger partial charge in [-0.1, -0.05) is 38.1 Å². The van der Waals surface area contributed by atoms with E-state index in [-0.39, 0.29) is 41.0 Å². The van der Waals surface area contributed by atoms with E-state index in [1.54, 1.807) is 18.0 Å². The Morgan fingerprint density at radius 2 is 1.71 bits per heavy atom. The molecule has 0 aromatic heterocycles. The third kappa shape index (κ3) is 6.77. The maximum Gasteiger partial charge on any atom is 0.311 e. The lowest BCUT2D eigenvalue weighted by Crippen LogP contribution is -2.30. The summed E-state index contributed by atoms with van der Waals surface area (Å²) in [5.74, 6) is -0.668. The van der Waals surface area contributed by atoms with Crippen LogP contribution in [-0.2, 0) is 22.5 Å². The third-order valence-corrected chi connectivity index (χ3v) is 6.92. The number of carbonyl (C=O) groups is 2. The predicted molar refractivity (Wildman–Crippen MR) is 137 cm³/mol. The summed E-state index contributed by atoms with van der Waals surface area (Å²) in [6.45, 7) is 8.10. The standard InChI is InChI=1S/C29H39NO5/c1-19(2)23-16-24(26(32)17-25(23)31)27(33)30(5)18-21-10-8-9-20(15-21)13-14-29(3,4)28(34)35-22-11-6-7-12-22/h8-10,15-17,19,22,31-32H,6-7,11-14,18H2,1-5H3. The summed E-state index contributed by atoms with van der Waals surface area (Å²) in [7, 11) is 1.69. The molecule has 1 fully saturated rings. The van der Waals surface area contributed by atoms with Crippen molar-refractivity contribution in [3.05, 3.63) is 58.7 Å². The first-order valence-corrected chi connectivity index (χ1v) is 12.6. The van der Waals surface area contributed by atoms with Crippen molar-refractivity contribution in [3.8, 4) is 11.5 Å². The zero-order valence-corrected chi connectivity index (χ0v) is 21.6. The van der Waals surface area contributed by atoms with Crippen LogP contribution in [0, 0.1) is 5.41 Å². The summed E-state index contributed by atoms with van der Waals surface area (Å²) >= 11 is 0. The van der Waals surface area contributed by atoms with Gasteiger partial charge < -0.3 is 19.8 Å². The summed E-state index contributed by atoms with van der Waals surface area (Å²) in [5, 5.41) is 20.3. The van der Waals surface area contributed by atoms with Crippen molar-refractivity contribution in [2.75, 3.05) is 7.05 Å². The Kier molecular flexibility index (Phi) is 8.47. The summed E-state index contributed by atoms with van der Waals surface area (Å²) < 4.78 is 5.73. The second-order valence-corrected chi connectivity index (χ2v) is 10.8. The van der Waals surface area contributed by atoms with Gasteiger partial charge in [0.2, 0.25) is 0 Å². The number of rotatable bonds is 9. The Morgan fingerprint density at radius 3 is 2.37 bits per heavy atom. The highest BCUT2D eigenvalue weighted by Gasteiger charge is 2.32. The Hall–Kier alpha value is -3.02. The molecule has 0 radical (unpaired) electrons. The van der Waals surface area contributed by atoms with Crippen LogP contribution in [0.2, 0.25) is 0 Å². The SMILES string of the molecule is CC(C)c1cc(C(=O)N(C)Cc2cccc(CCC(C)(C)C(=O)OC3CCCC3)c2)c(O)cc1O. The van der Waals surface area contributed by atoms with Crippen molar-refractivity contribution in [2.45, 2.75) is 84.8 Å². The highest BCUT2D eigenvalue weighted by atomic mass is 16.5. The average molecular weight is 482 g/mol. The zero-order chi connectivity index (χ0) is 25.8. The van der Waals surface area contributed by atoms with Gasteiger partial charge in [0.15, 0.2) is 0 Å². The number of hydrogen-bond acceptors (Lipinski definition) is 5. The van der Waals surface area contributed by atoms with Crippen LogP contribution in [0.25, 0.3) is 0 Å². The summed E-state index contributed by atoms with van der Waals surface area (Å²) in [6.07, 6.45) is 5.68. The molecule has 0 aliphatic heterocycles. The molecule has 1 aliphatic carbocycles. The van der Waals surface area contributed by atoms with E-state index in [2.05, 4.69) is 6.07 Å². The molecule has 6 heteroatoms. The van der Waals surface area contributed by atoms with E-state index in [4.69, 9.17) is 4.74 Å². The molecule has 0 atom stereocenters. The number of ether oxygens (including phenoxy) is 1. The highest BCUT2D eigenvalue weighted by molar-refractivity contribution is 5.97. The van der Waals surface area contributed by atoms with Gasteiger partial charge in [-0.15, -0.1) is 0 Å². The zero-order valence-electron chi connectivity index (χ0n) is 21.6. The molecule has 3 rings (SSSR count). The molecule has 0 spiro atoms. The molecule has 0 heterocycles. The van der Waals surface area contributed by atoms with Crippen LogP contribution in [0.15, 0.2) is 36.4 Å². The summed E-state index contributed by atoms with van der Waals surface area (Å²) in [5.41, 5.74) is 2.30. The summed E-state index contributed by atoms with van der Waals surface area (Å²) in [6, 6.07) is 10.8. The molecule has 1 saturated carbocycles. The molecule has 190 valence electrons. The molecule has 1 amide bonds. The fourth-order valence-electron chi connectivity index (χ4n) is 4.54. The van der Waals surface area contributed by atoms with Gasteiger partial charge >= 0.3 is 5.97 Å². The molecule has 0 bridgehead atoms. The minimum absolute atomic E-state index is 0.0144. The Labute approximate surface area is 208 Å². The van der Waals surface area contributed by atoms with Gasteiger partial charge in [0.05, 0.1) is 11.0 Å². The minimum Gasteiger partial charge on any atom is -0.508 e. The number of benzene rings is 2. The van der Waals surface area contributed by atoms with Crippen molar-refractivity contribution < 1.29 is 24.5 Å². The number of hydrogen-bond donors (Lipinski definition) is 2. The van der Waals surface area contributed by atoms with E-state index in [1.165, 1.54) is 6.07 Å². The maximum absolute atomic E-state index is 13.0. The molecule has 1 aliphatic rings. The second kappa shape index (κ2) is 11.1. The van der Waals surface area contributed by atoms with Gasteiger partial charge in [0.1, 0.15) is 17.6 Å². The van der Waals surface area contributed by atoms with Crippen molar-refractivity contribution in [1.82, 2.24) is 4.90 Å². The van der Waals surface area contributed by atoms with Gasteiger partial charge in [-0.3, -0.25) is 9.59 Å².